The first-order valence-electron chi connectivity index (χ1n) is 12.3. The van der Waals surface area contributed by atoms with Crippen LogP contribution in [0.2, 0.25) is 0 Å². The number of fused-ring (bicyclic) bond motifs is 1. The topological polar surface area (TPSA) is 61.2 Å². The quantitative estimate of drug-likeness (QED) is 0.355. The number of thiocarbonyl (C=S) groups is 1. The van der Waals surface area contributed by atoms with Gasteiger partial charge in [0.15, 0.2) is 0 Å². The maximum Gasteiger partial charge on any atom is 0.267 e. The van der Waals surface area contributed by atoms with Gasteiger partial charge in [-0.3, -0.25) is 18.9 Å². The number of halogens is 1. The van der Waals surface area contributed by atoms with E-state index in [1.54, 1.807) is 29.3 Å². The highest BCUT2D eigenvalue weighted by atomic mass is 32.2. The number of amides is 1. The van der Waals surface area contributed by atoms with E-state index in [0.717, 1.165) is 5.56 Å². The number of carbonyl (C=O) groups is 1. The smallest absolute Gasteiger partial charge is 0.267 e. The summed E-state index contributed by atoms with van der Waals surface area (Å²) in [6.07, 6.45) is 3.40. The summed E-state index contributed by atoms with van der Waals surface area (Å²) >= 11 is 6.68. The number of aryl methyl sites for hydroxylation is 1. The molecule has 1 aromatic carbocycles. The van der Waals surface area contributed by atoms with E-state index in [1.165, 1.54) is 22.2 Å². The minimum Gasteiger partial charge on any atom is -0.366 e. The van der Waals surface area contributed by atoms with Crippen molar-refractivity contribution in [2.24, 2.45) is 5.92 Å². The molecule has 0 atom stereocenters. The number of benzene rings is 1. The van der Waals surface area contributed by atoms with Crippen LogP contribution in [0.5, 0.6) is 0 Å². The van der Waals surface area contributed by atoms with Crippen molar-refractivity contribution >= 4 is 57.4 Å². The summed E-state index contributed by atoms with van der Waals surface area (Å²) in [5.74, 6) is 0.348. The molecule has 2 aromatic heterocycles. The lowest BCUT2D eigenvalue weighted by Gasteiger charge is -2.37. The van der Waals surface area contributed by atoms with E-state index in [-0.39, 0.29) is 23.2 Å². The Labute approximate surface area is 224 Å². The Morgan fingerprint density at radius 2 is 1.78 bits per heavy atom. The van der Waals surface area contributed by atoms with Gasteiger partial charge in [-0.25, -0.2) is 9.37 Å². The molecular weight excluding hydrogens is 509 g/mol. The Morgan fingerprint density at radius 3 is 2.49 bits per heavy atom. The number of piperazine rings is 1. The molecule has 0 spiro atoms. The molecule has 3 aromatic rings. The number of nitrogens with zero attached hydrogens (tertiary/aromatic N) is 5. The molecule has 2 fully saturated rings. The van der Waals surface area contributed by atoms with Crippen LogP contribution >= 0.6 is 24.0 Å². The standard InChI is InChI=1S/C27H28FN5O2S2/c1-17(2)15-33-26(35)22(37-27(33)36)14-19-24(29-23-9-8-18(3)16-32(23)25(19)34)31-12-10-30(11-13-31)21-7-5-4-6-20(21)28/h4-9,14,16-17H,10-13,15H2,1-3H3/b22-14+. The van der Waals surface area contributed by atoms with Crippen LogP contribution in [-0.2, 0) is 4.79 Å². The normalized spacial score (nSPS) is 17.6. The highest BCUT2D eigenvalue weighted by Gasteiger charge is 2.33. The lowest BCUT2D eigenvalue weighted by Crippen LogP contribution is -2.47. The summed E-state index contributed by atoms with van der Waals surface area (Å²) in [4.78, 5) is 37.8. The molecule has 0 N–H and O–H groups in total. The number of aromatic nitrogens is 2. The average Bonchev–Trinajstić information content (AvgIpc) is 3.13. The van der Waals surface area contributed by atoms with Crippen LogP contribution in [0.25, 0.3) is 11.7 Å². The minimum absolute atomic E-state index is 0.187. The molecule has 4 heterocycles. The van der Waals surface area contributed by atoms with Gasteiger partial charge in [0.05, 0.1) is 16.2 Å². The van der Waals surface area contributed by atoms with E-state index in [0.29, 0.717) is 64.7 Å². The molecule has 2 aliphatic heterocycles. The molecule has 0 aliphatic carbocycles. The summed E-state index contributed by atoms with van der Waals surface area (Å²) in [6, 6.07) is 10.5. The molecule has 192 valence electrons. The van der Waals surface area contributed by atoms with Gasteiger partial charge in [-0.1, -0.05) is 56.0 Å². The van der Waals surface area contributed by atoms with Crippen LogP contribution in [-0.4, -0.2) is 57.2 Å². The van der Waals surface area contributed by atoms with Crippen molar-refractivity contribution in [3.05, 3.63) is 74.8 Å². The summed E-state index contributed by atoms with van der Waals surface area (Å²) in [7, 11) is 0. The van der Waals surface area contributed by atoms with Crippen LogP contribution in [0, 0.1) is 18.7 Å². The van der Waals surface area contributed by atoms with Gasteiger partial charge in [0, 0.05) is 38.9 Å². The third-order valence-electron chi connectivity index (χ3n) is 6.45. The second-order valence-electron chi connectivity index (χ2n) is 9.70. The highest BCUT2D eigenvalue weighted by Crippen LogP contribution is 2.34. The van der Waals surface area contributed by atoms with Crippen LogP contribution in [0.3, 0.4) is 0 Å². The van der Waals surface area contributed by atoms with Crippen molar-refractivity contribution in [1.82, 2.24) is 14.3 Å². The fraction of sp³-hybridized carbons (Fsp3) is 0.333. The highest BCUT2D eigenvalue weighted by molar-refractivity contribution is 8.26. The predicted octanol–water partition coefficient (Wildman–Crippen LogP) is 4.33. The number of carbonyl (C=O) groups excluding carboxylic acids is 1. The Morgan fingerprint density at radius 1 is 1.08 bits per heavy atom. The van der Waals surface area contributed by atoms with Gasteiger partial charge in [0.1, 0.15) is 21.6 Å². The molecule has 0 radical (unpaired) electrons. The van der Waals surface area contributed by atoms with Gasteiger partial charge in [-0.2, -0.15) is 0 Å². The number of hydrogen-bond donors (Lipinski definition) is 0. The Balaban J connectivity index is 1.53. The first-order chi connectivity index (χ1) is 17.7. The summed E-state index contributed by atoms with van der Waals surface area (Å²) in [5, 5.41) is 0. The van der Waals surface area contributed by atoms with E-state index in [2.05, 4.69) is 0 Å². The molecule has 0 saturated carbocycles. The SMILES string of the molecule is Cc1ccc2nc(N3CCN(c4ccccc4F)CC3)c(/C=C3/SC(=S)N(CC(C)C)C3=O)c(=O)n2c1. The molecule has 37 heavy (non-hydrogen) atoms. The summed E-state index contributed by atoms with van der Waals surface area (Å²) in [6.45, 7) is 8.76. The molecule has 5 rings (SSSR count). The monoisotopic (exact) mass is 537 g/mol. The molecular formula is C27H28FN5O2S2. The minimum atomic E-state index is -0.252. The lowest BCUT2D eigenvalue weighted by atomic mass is 10.2. The van der Waals surface area contributed by atoms with Gasteiger partial charge in [0.25, 0.3) is 11.5 Å². The molecule has 2 saturated heterocycles. The second kappa shape index (κ2) is 10.3. The Kier molecular flexibility index (Phi) is 7.04. The van der Waals surface area contributed by atoms with Gasteiger partial charge < -0.3 is 9.80 Å². The van der Waals surface area contributed by atoms with Crippen LogP contribution in [0.4, 0.5) is 15.9 Å². The van der Waals surface area contributed by atoms with E-state index in [1.807, 2.05) is 48.8 Å². The van der Waals surface area contributed by atoms with Crippen molar-refractivity contribution in [2.75, 3.05) is 42.5 Å². The van der Waals surface area contributed by atoms with Crippen molar-refractivity contribution in [2.45, 2.75) is 20.8 Å². The zero-order valence-corrected chi connectivity index (χ0v) is 22.6. The zero-order valence-electron chi connectivity index (χ0n) is 21.0. The van der Waals surface area contributed by atoms with Crippen LogP contribution in [0.1, 0.15) is 25.0 Å². The number of anilines is 2. The predicted molar refractivity (Wildman–Crippen MR) is 152 cm³/mol. The maximum atomic E-state index is 14.4. The lowest BCUT2D eigenvalue weighted by molar-refractivity contribution is -0.122. The first-order valence-corrected chi connectivity index (χ1v) is 13.5. The number of rotatable bonds is 5. The molecule has 2 aliphatic rings. The number of para-hydroxylation sites is 1. The summed E-state index contributed by atoms with van der Waals surface area (Å²) in [5.41, 5.74) is 2.14. The Bertz CT molecular complexity index is 1480. The fourth-order valence-electron chi connectivity index (χ4n) is 4.64. The fourth-order valence-corrected chi connectivity index (χ4v) is 5.89. The van der Waals surface area contributed by atoms with Crippen molar-refractivity contribution < 1.29 is 9.18 Å². The van der Waals surface area contributed by atoms with Gasteiger partial charge >= 0.3 is 0 Å². The average molecular weight is 538 g/mol. The molecule has 0 unspecified atom stereocenters. The Hall–Kier alpha value is -3.24. The molecule has 7 nitrogen and oxygen atoms in total. The van der Waals surface area contributed by atoms with Gasteiger partial charge in [0.2, 0.25) is 0 Å². The van der Waals surface area contributed by atoms with Crippen LogP contribution < -0.4 is 15.4 Å². The van der Waals surface area contributed by atoms with Crippen molar-refractivity contribution in [3.63, 3.8) is 0 Å². The largest absolute Gasteiger partial charge is 0.366 e. The molecule has 1 amide bonds. The molecule has 0 bridgehead atoms. The van der Waals surface area contributed by atoms with Crippen molar-refractivity contribution in [3.8, 4) is 0 Å². The maximum absolute atomic E-state index is 14.4. The van der Waals surface area contributed by atoms with Crippen molar-refractivity contribution in [1.29, 1.82) is 0 Å². The molecule has 10 heteroatoms. The van der Waals surface area contributed by atoms with Gasteiger partial charge in [-0.15, -0.1) is 0 Å². The number of thioether (sulfide) groups is 1. The van der Waals surface area contributed by atoms with E-state index in [4.69, 9.17) is 17.2 Å². The second-order valence-corrected chi connectivity index (χ2v) is 11.4. The number of hydrogen-bond acceptors (Lipinski definition) is 7. The van der Waals surface area contributed by atoms with E-state index in [9.17, 15) is 14.0 Å². The summed E-state index contributed by atoms with van der Waals surface area (Å²) < 4.78 is 16.4. The zero-order chi connectivity index (χ0) is 26.3. The van der Waals surface area contributed by atoms with Crippen LogP contribution in [0.15, 0.2) is 52.3 Å². The number of pyridine rings is 1. The van der Waals surface area contributed by atoms with E-state index >= 15 is 0 Å². The third kappa shape index (κ3) is 5.00. The third-order valence-corrected chi connectivity index (χ3v) is 7.83. The van der Waals surface area contributed by atoms with Gasteiger partial charge in [-0.05, 0) is 42.7 Å². The first kappa shape index (κ1) is 25.4. The van der Waals surface area contributed by atoms with E-state index < -0.39 is 0 Å².